The number of Topliss-reactive ketones (excluding diaryl/α,β-unsaturated/α-hetero) is 1. The quantitative estimate of drug-likeness (QED) is 0.688. The van der Waals surface area contributed by atoms with E-state index < -0.39 is 17.6 Å². The summed E-state index contributed by atoms with van der Waals surface area (Å²) < 4.78 is 5.78. The van der Waals surface area contributed by atoms with E-state index in [9.17, 15) is 14.7 Å². The molecular weight excluding hydrogens is 308 g/mol. The highest BCUT2D eigenvalue weighted by Gasteiger charge is 2.60. The van der Waals surface area contributed by atoms with Gasteiger partial charge >= 0.3 is 0 Å². The lowest BCUT2D eigenvalue weighted by atomic mass is 9.88. The Labute approximate surface area is 138 Å². The van der Waals surface area contributed by atoms with Gasteiger partial charge in [-0.1, -0.05) is 18.2 Å². The molecule has 0 aromatic heterocycles. The number of carbonyl (C=O) groups is 2. The molecule has 0 bridgehead atoms. The standard InChI is InChI=1S/C18H16N2O4/c1-7-6-9-14-15(21)13-10(4-3-5-11(13)19)18(14,23)24-16(9)12(8(7)2)17(20)22/h3-6,14,23H,19H2,1-2H3,(H2,20,22). The zero-order valence-electron chi connectivity index (χ0n) is 13.2. The number of primary amides is 1. The molecule has 0 radical (unpaired) electrons. The van der Waals surface area contributed by atoms with E-state index in [1.165, 1.54) is 0 Å². The van der Waals surface area contributed by atoms with Crippen molar-refractivity contribution in [3.63, 3.8) is 0 Å². The summed E-state index contributed by atoms with van der Waals surface area (Å²) in [4.78, 5) is 24.8. The summed E-state index contributed by atoms with van der Waals surface area (Å²) in [6, 6.07) is 6.63. The second-order valence-electron chi connectivity index (χ2n) is 6.34. The molecule has 5 N–H and O–H groups in total. The summed E-state index contributed by atoms with van der Waals surface area (Å²) in [7, 11) is 0. The Morgan fingerprint density at radius 2 is 2.04 bits per heavy atom. The maximum Gasteiger partial charge on any atom is 0.252 e. The normalized spacial score (nSPS) is 23.5. The third-order valence-corrected chi connectivity index (χ3v) is 5.03. The summed E-state index contributed by atoms with van der Waals surface area (Å²) in [6.45, 7) is 3.57. The number of carbonyl (C=O) groups excluding carboxylic acids is 2. The number of fused-ring (bicyclic) bond motifs is 5. The molecule has 1 aliphatic carbocycles. The Balaban J connectivity index is 2.03. The molecule has 2 unspecified atom stereocenters. The molecule has 4 rings (SSSR count). The highest BCUT2D eigenvalue weighted by atomic mass is 16.6. The topological polar surface area (TPSA) is 116 Å². The van der Waals surface area contributed by atoms with E-state index in [0.717, 1.165) is 5.56 Å². The predicted octanol–water partition coefficient (Wildman–Crippen LogP) is 1.50. The van der Waals surface area contributed by atoms with Crippen LogP contribution in [0.15, 0.2) is 24.3 Å². The Morgan fingerprint density at radius 3 is 2.71 bits per heavy atom. The van der Waals surface area contributed by atoms with E-state index in [2.05, 4.69) is 0 Å². The SMILES string of the molecule is Cc1cc2c(c(C(N)=O)c1C)OC1(O)c3cccc(N)c3C(=O)C21. The zero-order valence-corrected chi connectivity index (χ0v) is 13.2. The number of nitrogen functional groups attached to an aromatic ring is 1. The predicted molar refractivity (Wildman–Crippen MR) is 86.9 cm³/mol. The lowest BCUT2D eigenvalue weighted by Crippen LogP contribution is -2.32. The summed E-state index contributed by atoms with van der Waals surface area (Å²) >= 11 is 0. The largest absolute Gasteiger partial charge is 0.456 e. The number of rotatable bonds is 1. The molecule has 2 aromatic rings. The van der Waals surface area contributed by atoms with Crippen LogP contribution in [-0.2, 0) is 5.79 Å². The summed E-state index contributed by atoms with van der Waals surface area (Å²) in [6.07, 6.45) is 0. The summed E-state index contributed by atoms with van der Waals surface area (Å²) in [5, 5.41) is 11.1. The van der Waals surface area contributed by atoms with Crippen molar-refractivity contribution in [3.8, 4) is 5.75 Å². The van der Waals surface area contributed by atoms with Crippen LogP contribution in [0.4, 0.5) is 5.69 Å². The molecule has 0 saturated heterocycles. The molecule has 24 heavy (non-hydrogen) atoms. The van der Waals surface area contributed by atoms with Gasteiger partial charge in [-0.05, 0) is 31.0 Å². The first kappa shape index (κ1) is 14.7. The van der Waals surface area contributed by atoms with Gasteiger partial charge in [0.15, 0.2) is 5.78 Å². The third kappa shape index (κ3) is 1.53. The maximum atomic E-state index is 12.9. The van der Waals surface area contributed by atoms with Crippen LogP contribution in [0, 0.1) is 13.8 Å². The van der Waals surface area contributed by atoms with Gasteiger partial charge < -0.3 is 21.3 Å². The number of benzene rings is 2. The van der Waals surface area contributed by atoms with Crippen molar-refractivity contribution in [1.29, 1.82) is 0 Å². The second kappa shape index (κ2) is 4.36. The highest BCUT2D eigenvalue weighted by Crippen LogP contribution is 2.57. The molecule has 2 atom stereocenters. The fourth-order valence-electron chi connectivity index (χ4n) is 3.78. The Bertz CT molecular complexity index is 951. The molecule has 2 aromatic carbocycles. The first-order valence-electron chi connectivity index (χ1n) is 7.55. The molecule has 1 aliphatic heterocycles. The van der Waals surface area contributed by atoms with Crippen LogP contribution in [0.1, 0.15) is 48.9 Å². The molecule has 6 nitrogen and oxygen atoms in total. The fraction of sp³-hybridized carbons (Fsp3) is 0.222. The molecule has 0 saturated carbocycles. The minimum absolute atomic E-state index is 0.180. The lowest BCUT2D eigenvalue weighted by Gasteiger charge is -2.22. The van der Waals surface area contributed by atoms with Crippen molar-refractivity contribution in [2.24, 2.45) is 5.73 Å². The Morgan fingerprint density at radius 1 is 1.33 bits per heavy atom. The molecule has 122 valence electrons. The van der Waals surface area contributed by atoms with Crippen molar-refractivity contribution in [2.45, 2.75) is 25.6 Å². The number of aryl methyl sites for hydroxylation is 1. The van der Waals surface area contributed by atoms with E-state index >= 15 is 0 Å². The number of ketones is 1. The van der Waals surface area contributed by atoms with Crippen molar-refractivity contribution < 1.29 is 19.4 Å². The van der Waals surface area contributed by atoms with Crippen LogP contribution in [0.5, 0.6) is 5.75 Å². The van der Waals surface area contributed by atoms with Gasteiger partial charge in [0, 0.05) is 16.8 Å². The zero-order chi connectivity index (χ0) is 17.4. The number of nitrogens with two attached hydrogens (primary N) is 2. The van der Waals surface area contributed by atoms with Gasteiger partial charge in [0.2, 0.25) is 5.79 Å². The molecule has 0 fully saturated rings. The Hall–Kier alpha value is -2.86. The van der Waals surface area contributed by atoms with Crippen molar-refractivity contribution >= 4 is 17.4 Å². The van der Waals surface area contributed by atoms with Crippen LogP contribution in [0.2, 0.25) is 0 Å². The molecular formula is C18H16N2O4. The smallest absolute Gasteiger partial charge is 0.252 e. The van der Waals surface area contributed by atoms with E-state index in [4.69, 9.17) is 16.2 Å². The number of anilines is 1. The van der Waals surface area contributed by atoms with Gasteiger partial charge in [0.25, 0.3) is 5.91 Å². The minimum atomic E-state index is -1.87. The van der Waals surface area contributed by atoms with Gasteiger partial charge in [0.05, 0.1) is 11.1 Å². The molecule has 6 heteroatoms. The number of amides is 1. The molecule has 1 amide bonds. The van der Waals surface area contributed by atoms with Crippen LogP contribution in [-0.4, -0.2) is 16.8 Å². The van der Waals surface area contributed by atoms with Crippen molar-refractivity contribution in [2.75, 3.05) is 5.73 Å². The van der Waals surface area contributed by atoms with Crippen LogP contribution in [0.3, 0.4) is 0 Å². The average Bonchev–Trinajstić information content (AvgIpc) is 2.90. The number of aliphatic hydroxyl groups is 1. The van der Waals surface area contributed by atoms with E-state index in [0.29, 0.717) is 22.4 Å². The van der Waals surface area contributed by atoms with Crippen molar-refractivity contribution in [3.05, 3.63) is 57.6 Å². The summed E-state index contributed by atoms with van der Waals surface area (Å²) in [5.41, 5.74) is 14.4. The lowest BCUT2D eigenvalue weighted by molar-refractivity contribution is -0.134. The van der Waals surface area contributed by atoms with Gasteiger partial charge in [-0.2, -0.15) is 0 Å². The molecule has 1 heterocycles. The first-order valence-corrected chi connectivity index (χ1v) is 7.55. The van der Waals surface area contributed by atoms with E-state index in [1.807, 2.05) is 6.92 Å². The van der Waals surface area contributed by atoms with Gasteiger partial charge in [-0.3, -0.25) is 9.59 Å². The van der Waals surface area contributed by atoms with Gasteiger partial charge in [0.1, 0.15) is 11.7 Å². The van der Waals surface area contributed by atoms with Crippen LogP contribution in [0.25, 0.3) is 0 Å². The van der Waals surface area contributed by atoms with Crippen LogP contribution < -0.4 is 16.2 Å². The highest BCUT2D eigenvalue weighted by molar-refractivity contribution is 6.12. The summed E-state index contributed by atoms with van der Waals surface area (Å²) in [5.74, 6) is -3.61. The maximum absolute atomic E-state index is 12.9. The second-order valence-corrected chi connectivity index (χ2v) is 6.34. The van der Waals surface area contributed by atoms with Gasteiger partial charge in [-0.15, -0.1) is 0 Å². The third-order valence-electron chi connectivity index (χ3n) is 5.03. The molecule has 2 aliphatic rings. The van der Waals surface area contributed by atoms with Gasteiger partial charge in [-0.25, -0.2) is 0 Å². The Kier molecular flexibility index (Phi) is 2.67. The average molecular weight is 324 g/mol. The van der Waals surface area contributed by atoms with Crippen LogP contribution >= 0.6 is 0 Å². The minimum Gasteiger partial charge on any atom is -0.456 e. The van der Waals surface area contributed by atoms with Crippen molar-refractivity contribution in [1.82, 2.24) is 0 Å². The van der Waals surface area contributed by atoms with E-state index in [-0.39, 0.29) is 22.7 Å². The van der Waals surface area contributed by atoms with E-state index in [1.54, 1.807) is 31.2 Å². The fourth-order valence-corrected chi connectivity index (χ4v) is 3.78. The number of ether oxygens (including phenoxy) is 1. The monoisotopic (exact) mass is 324 g/mol. The molecule has 0 spiro atoms. The number of hydrogen-bond donors (Lipinski definition) is 3. The first-order chi connectivity index (χ1) is 11.3. The number of hydrogen-bond acceptors (Lipinski definition) is 5.